The van der Waals surface area contributed by atoms with Crippen molar-refractivity contribution in [1.29, 1.82) is 0 Å². The summed E-state index contributed by atoms with van der Waals surface area (Å²) in [6.07, 6.45) is 0. The summed E-state index contributed by atoms with van der Waals surface area (Å²) in [6.45, 7) is 6.51. The number of aryl methyl sites for hydroxylation is 1. The van der Waals surface area contributed by atoms with E-state index in [4.69, 9.17) is 4.52 Å². The summed E-state index contributed by atoms with van der Waals surface area (Å²) in [4.78, 5) is 30.7. The van der Waals surface area contributed by atoms with Gasteiger partial charge in [-0.15, -0.1) is 0 Å². The molecule has 0 aliphatic carbocycles. The van der Waals surface area contributed by atoms with Crippen LogP contribution in [0.5, 0.6) is 0 Å². The summed E-state index contributed by atoms with van der Waals surface area (Å²) < 4.78 is 4.97. The molecule has 9 heteroatoms. The predicted molar refractivity (Wildman–Crippen MR) is 89.6 cm³/mol. The lowest BCUT2D eigenvalue weighted by Crippen LogP contribution is -2.46. The summed E-state index contributed by atoms with van der Waals surface area (Å²) in [6, 6.07) is 4.65. The molecule has 0 unspecified atom stereocenters. The maximum Gasteiger partial charge on any atom is 0.293 e. The van der Waals surface area contributed by atoms with Crippen molar-refractivity contribution in [3.8, 4) is 0 Å². The quantitative estimate of drug-likeness (QED) is 0.459. The number of aromatic nitrogens is 2. The standard InChI is InChI=1S/C16H19N5O4/c1-11(22)13-3-4-14(15(9-13)21(23)24)20-7-5-19(6-8-20)10-16-17-12(2)25-18-16/h3-4,9H,5-8,10H2,1-2H3. The fraction of sp³-hybridized carbons (Fsp3) is 0.438. The highest BCUT2D eigenvalue weighted by molar-refractivity contribution is 5.95. The fourth-order valence-corrected chi connectivity index (χ4v) is 2.91. The number of carbonyl (C=O) groups is 1. The molecule has 0 radical (unpaired) electrons. The van der Waals surface area contributed by atoms with Crippen LogP contribution in [0.4, 0.5) is 11.4 Å². The Kier molecular flexibility index (Phi) is 4.75. The first-order valence-electron chi connectivity index (χ1n) is 8.00. The molecule has 1 aromatic heterocycles. The number of nitrogens with zero attached hydrogens (tertiary/aromatic N) is 5. The van der Waals surface area contributed by atoms with Gasteiger partial charge in [-0.2, -0.15) is 4.98 Å². The van der Waals surface area contributed by atoms with Crippen molar-refractivity contribution in [3.63, 3.8) is 0 Å². The van der Waals surface area contributed by atoms with Crippen LogP contribution in [0.2, 0.25) is 0 Å². The average molecular weight is 345 g/mol. The van der Waals surface area contributed by atoms with Crippen molar-refractivity contribution < 1.29 is 14.2 Å². The first-order chi connectivity index (χ1) is 11.9. The van der Waals surface area contributed by atoms with Gasteiger partial charge < -0.3 is 9.42 Å². The number of anilines is 1. The number of nitro benzene ring substituents is 1. The van der Waals surface area contributed by atoms with Gasteiger partial charge in [-0.25, -0.2) is 0 Å². The fourth-order valence-electron chi connectivity index (χ4n) is 2.91. The van der Waals surface area contributed by atoms with E-state index in [2.05, 4.69) is 15.0 Å². The Bertz CT molecular complexity index is 796. The lowest BCUT2D eigenvalue weighted by molar-refractivity contribution is -0.384. The molecule has 0 atom stereocenters. The van der Waals surface area contributed by atoms with Gasteiger partial charge in [-0.1, -0.05) is 5.16 Å². The topological polar surface area (TPSA) is 106 Å². The zero-order valence-electron chi connectivity index (χ0n) is 14.1. The maximum atomic E-state index is 11.5. The van der Waals surface area contributed by atoms with Crippen LogP contribution in [0.25, 0.3) is 0 Å². The summed E-state index contributed by atoms with van der Waals surface area (Å²) in [5.41, 5.74) is 0.863. The van der Waals surface area contributed by atoms with Gasteiger partial charge in [0.15, 0.2) is 11.6 Å². The van der Waals surface area contributed by atoms with Crippen LogP contribution in [0.1, 0.15) is 29.0 Å². The Morgan fingerprint density at radius 2 is 2.04 bits per heavy atom. The molecule has 0 spiro atoms. The van der Waals surface area contributed by atoms with E-state index in [9.17, 15) is 14.9 Å². The highest BCUT2D eigenvalue weighted by Gasteiger charge is 2.25. The third kappa shape index (κ3) is 3.82. The zero-order chi connectivity index (χ0) is 18.0. The van der Waals surface area contributed by atoms with Gasteiger partial charge in [-0.3, -0.25) is 19.8 Å². The number of hydrogen-bond acceptors (Lipinski definition) is 8. The normalized spacial score (nSPS) is 15.4. The van der Waals surface area contributed by atoms with E-state index in [1.807, 2.05) is 4.90 Å². The third-order valence-corrected chi connectivity index (χ3v) is 4.23. The van der Waals surface area contributed by atoms with E-state index in [0.717, 1.165) is 13.1 Å². The number of ketones is 1. The second-order valence-corrected chi connectivity index (χ2v) is 6.01. The number of hydrogen-bond donors (Lipinski definition) is 0. The smallest absolute Gasteiger partial charge is 0.293 e. The van der Waals surface area contributed by atoms with Gasteiger partial charge in [0.1, 0.15) is 5.69 Å². The molecule has 0 N–H and O–H groups in total. The summed E-state index contributed by atoms with van der Waals surface area (Å²) in [5, 5.41) is 15.3. The van der Waals surface area contributed by atoms with Crippen LogP contribution in [-0.4, -0.2) is 51.9 Å². The van der Waals surface area contributed by atoms with Gasteiger partial charge in [0.05, 0.1) is 11.5 Å². The number of benzene rings is 1. The summed E-state index contributed by atoms with van der Waals surface area (Å²) in [5.74, 6) is 0.993. The monoisotopic (exact) mass is 345 g/mol. The summed E-state index contributed by atoms with van der Waals surface area (Å²) in [7, 11) is 0. The molecule has 0 saturated carbocycles. The van der Waals surface area contributed by atoms with Crippen molar-refractivity contribution in [1.82, 2.24) is 15.0 Å². The van der Waals surface area contributed by atoms with Crippen LogP contribution in [0.3, 0.4) is 0 Å². The molecule has 1 fully saturated rings. The molecule has 3 rings (SSSR count). The second-order valence-electron chi connectivity index (χ2n) is 6.01. The number of Topliss-reactive ketones (excluding diaryl/α,β-unsaturated/α-hetero) is 1. The molecule has 9 nitrogen and oxygen atoms in total. The Balaban J connectivity index is 1.70. The Hall–Kier alpha value is -2.81. The molecule has 0 bridgehead atoms. The highest BCUT2D eigenvalue weighted by atomic mass is 16.6. The largest absolute Gasteiger partial charge is 0.363 e. The van der Waals surface area contributed by atoms with E-state index in [0.29, 0.717) is 42.6 Å². The lowest BCUT2D eigenvalue weighted by Gasteiger charge is -2.35. The third-order valence-electron chi connectivity index (χ3n) is 4.23. The van der Waals surface area contributed by atoms with E-state index in [1.54, 1.807) is 19.1 Å². The molecule has 25 heavy (non-hydrogen) atoms. The van der Waals surface area contributed by atoms with Crippen LogP contribution in [0, 0.1) is 17.0 Å². The highest BCUT2D eigenvalue weighted by Crippen LogP contribution is 2.30. The van der Waals surface area contributed by atoms with Crippen LogP contribution >= 0.6 is 0 Å². The molecule has 2 aromatic rings. The van der Waals surface area contributed by atoms with Crippen molar-refractivity contribution >= 4 is 17.2 Å². The van der Waals surface area contributed by atoms with Crippen LogP contribution in [-0.2, 0) is 6.54 Å². The van der Waals surface area contributed by atoms with Crippen molar-refractivity contribution in [2.24, 2.45) is 0 Å². The molecule has 2 heterocycles. The van der Waals surface area contributed by atoms with Gasteiger partial charge in [0, 0.05) is 44.7 Å². The van der Waals surface area contributed by atoms with Crippen molar-refractivity contribution in [2.45, 2.75) is 20.4 Å². The molecule has 132 valence electrons. The van der Waals surface area contributed by atoms with E-state index < -0.39 is 4.92 Å². The molecular weight excluding hydrogens is 326 g/mol. The second kappa shape index (κ2) is 6.98. The van der Waals surface area contributed by atoms with Crippen LogP contribution in [0.15, 0.2) is 22.7 Å². The van der Waals surface area contributed by atoms with Gasteiger partial charge >= 0.3 is 0 Å². The van der Waals surface area contributed by atoms with Gasteiger partial charge in [0.2, 0.25) is 5.89 Å². The van der Waals surface area contributed by atoms with E-state index >= 15 is 0 Å². The number of nitro groups is 1. The predicted octanol–water partition coefficient (Wildman–Crippen LogP) is 1.81. The maximum absolute atomic E-state index is 11.5. The minimum atomic E-state index is -0.434. The van der Waals surface area contributed by atoms with Crippen molar-refractivity contribution in [2.75, 3.05) is 31.1 Å². The lowest BCUT2D eigenvalue weighted by atomic mass is 10.1. The Morgan fingerprint density at radius 1 is 1.32 bits per heavy atom. The minimum absolute atomic E-state index is 0.0325. The van der Waals surface area contributed by atoms with E-state index in [1.165, 1.54) is 13.0 Å². The Morgan fingerprint density at radius 3 is 2.60 bits per heavy atom. The SMILES string of the molecule is CC(=O)c1ccc(N2CCN(Cc3noc(C)n3)CC2)c([N+](=O)[O-])c1. The molecule has 1 aliphatic heterocycles. The zero-order valence-corrected chi connectivity index (χ0v) is 14.1. The molecule has 0 amide bonds. The minimum Gasteiger partial charge on any atom is -0.363 e. The van der Waals surface area contributed by atoms with Gasteiger partial charge in [0.25, 0.3) is 5.69 Å². The number of piperazine rings is 1. The first kappa shape index (κ1) is 17.0. The molecule has 1 aromatic carbocycles. The molecule has 1 aliphatic rings. The first-order valence-corrected chi connectivity index (χ1v) is 8.00. The van der Waals surface area contributed by atoms with Crippen LogP contribution < -0.4 is 4.90 Å². The molecule has 1 saturated heterocycles. The van der Waals surface area contributed by atoms with E-state index in [-0.39, 0.29) is 11.5 Å². The Labute approximate surface area is 144 Å². The van der Waals surface area contributed by atoms with Gasteiger partial charge in [-0.05, 0) is 19.1 Å². The number of carbonyl (C=O) groups excluding carboxylic acids is 1. The van der Waals surface area contributed by atoms with Crippen molar-refractivity contribution in [3.05, 3.63) is 45.6 Å². The average Bonchev–Trinajstić information content (AvgIpc) is 3.00. The molecular formula is C16H19N5O4. The number of rotatable bonds is 5. The summed E-state index contributed by atoms with van der Waals surface area (Å²) >= 11 is 0.